The van der Waals surface area contributed by atoms with Gasteiger partial charge in [0.25, 0.3) is 0 Å². The smallest absolute Gasteiger partial charge is 0.0709 e. The van der Waals surface area contributed by atoms with Crippen molar-refractivity contribution in [3.05, 3.63) is 72.9 Å². The molecule has 0 atom stereocenters. The van der Waals surface area contributed by atoms with Gasteiger partial charge in [-0.15, -0.1) is 0 Å². The van der Waals surface area contributed by atoms with E-state index in [1.165, 1.54) is 33.0 Å². The lowest BCUT2D eigenvalue weighted by Gasteiger charge is -2.34. The van der Waals surface area contributed by atoms with Gasteiger partial charge in [-0.05, 0) is 41.1 Å². The Morgan fingerprint density at radius 3 is 2.30 bits per heavy atom. The van der Waals surface area contributed by atoms with Gasteiger partial charge in [0.15, 0.2) is 0 Å². The standard InChI is InChI=1S/C24H23N3/c1-26-12-14-27(15-13-26)19-16-23-22(10-5-11-24(23)25-17-19)21-9-4-7-18-6-2-3-8-20(18)21/h2-11,16-17H,12-15H2,1H3. The summed E-state index contributed by atoms with van der Waals surface area (Å²) in [4.78, 5) is 9.62. The number of nitrogens with zero attached hydrogens (tertiary/aromatic N) is 3. The second-order valence-corrected chi connectivity index (χ2v) is 7.38. The summed E-state index contributed by atoms with van der Waals surface area (Å²) < 4.78 is 0. The van der Waals surface area contributed by atoms with Gasteiger partial charge >= 0.3 is 0 Å². The molecular weight excluding hydrogens is 330 g/mol. The van der Waals surface area contributed by atoms with Crippen molar-refractivity contribution in [3.8, 4) is 11.1 Å². The molecule has 0 bridgehead atoms. The molecule has 0 aliphatic carbocycles. The molecule has 0 saturated carbocycles. The van der Waals surface area contributed by atoms with Crippen LogP contribution < -0.4 is 4.90 Å². The van der Waals surface area contributed by atoms with Gasteiger partial charge in [0.2, 0.25) is 0 Å². The molecular formula is C24H23N3. The van der Waals surface area contributed by atoms with Crippen molar-refractivity contribution >= 4 is 27.4 Å². The molecule has 3 aromatic carbocycles. The summed E-state index contributed by atoms with van der Waals surface area (Å²) in [6.45, 7) is 4.31. The normalized spacial score (nSPS) is 15.5. The van der Waals surface area contributed by atoms with E-state index in [0.717, 1.165) is 31.7 Å². The van der Waals surface area contributed by atoms with Gasteiger partial charge in [-0.1, -0.05) is 54.6 Å². The summed E-state index contributed by atoms with van der Waals surface area (Å²) in [6.07, 6.45) is 2.03. The summed E-state index contributed by atoms with van der Waals surface area (Å²) in [6, 6.07) is 23.9. The van der Waals surface area contributed by atoms with Gasteiger partial charge in [-0.25, -0.2) is 0 Å². The average molecular weight is 353 g/mol. The molecule has 2 heterocycles. The molecule has 0 spiro atoms. The van der Waals surface area contributed by atoms with E-state index in [1.54, 1.807) is 0 Å². The molecule has 0 unspecified atom stereocenters. The summed E-state index contributed by atoms with van der Waals surface area (Å²) in [5, 5.41) is 3.79. The zero-order valence-electron chi connectivity index (χ0n) is 15.6. The molecule has 0 amide bonds. The van der Waals surface area contributed by atoms with Crippen LogP contribution in [-0.2, 0) is 0 Å². The van der Waals surface area contributed by atoms with Crippen molar-refractivity contribution < 1.29 is 0 Å². The highest BCUT2D eigenvalue weighted by Gasteiger charge is 2.16. The third kappa shape index (κ3) is 2.94. The average Bonchev–Trinajstić information content (AvgIpc) is 2.73. The molecule has 1 aliphatic rings. The van der Waals surface area contributed by atoms with Gasteiger partial charge in [-0.2, -0.15) is 0 Å². The van der Waals surface area contributed by atoms with E-state index < -0.39 is 0 Å². The van der Waals surface area contributed by atoms with E-state index in [-0.39, 0.29) is 0 Å². The highest BCUT2D eigenvalue weighted by Crippen LogP contribution is 2.34. The van der Waals surface area contributed by atoms with Crippen molar-refractivity contribution in [3.63, 3.8) is 0 Å². The van der Waals surface area contributed by atoms with Crippen LogP contribution in [0.1, 0.15) is 0 Å². The quantitative estimate of drug-likeness (QED) is 0.516. The van der Waals surface area contributed by atoms with Crippen molar-refractivity contribution in [1.82, 2.24) is 9.88 Å². The lowest BCUT2D eigenvalue weighted by atomic mass is 9.95. The Balaban J connectivity index is 1.67. The highest BCUT2D eigenvalue weighted by molar-refractivity contribution is 6.05. The van der Waals surface area contributed by atoms with Gasteiger partial charge < -0.3 is 9.80 Å². The molecule has 27 heavy (non-hydrogen) atoms. The molecule has 0 N–H and O–H groups in total. The summed E-state index contributed by atoms with van der Waals surface area (Å²) in [5.74, 6) is 0. The lowest BCUT2D eigenvalue weighted by molar-refractivity contribution is 0.313. The van der Waals surface area contributed by atoms with Crippen LogP contribution in [0.5, 0.6) is 0 Å². The van der Waals surface area contributed by atoms with Crippen LogP contribution in [0.25, 0.3) is 32.8 Å². The van der Waals surface area contributed by atoms with Gasteiger partial charge in [0.05, 0.1) is 17.4 Å². The molecule has 3 heteroatoms. The van der Waals surface area contributed by atoms with E-state index >= 15 is 0 Å². The van der Waals surface area contributed by atoms with E-state index in [4.69, 9.17) is 4.98 Å². The fourth-order valence-corrected chi connectivity index (χ4v) is 4.07. The second kappa shape index (κ2) is 6.67. The van der Waals surface area contributed by atoms with Crippen molar-refractivity contribution in [1.29, 1.82) is 0 Å². The second-order valence-electron chi connectivity index (χ2n) is 7.38. The first-order valence-electron chi connectivity index (χ1n) is 9.60. The molecule has 1 fully saturated rings. The Morgan fingerprint density at radius 1 is 0.741 bits per heavy atom. The number of pyridine rings is 1. The maximum absolute atomic E-state index is 4.79. The number of hydrogen-bond acceptors (Lipinski definition) is 3. The number of hydrogen-bond donors (Lipinski definition) is 0. The fourth-order valence-electron chi connectivity index (χ4n) is 4.07. The van der Waals surface area contributed by atoms with Crippen LogP contribution in [0.2, 0.25) is 0 Å². The van der Waals surface area contributed by atoms with Crippen LogP contribution in [0, 0.1) is 0 Å². The Labute approximate surface area is 159 Å². The molecule has 4 aromatic rings. The van der Waals surface area contributed by atoms with Crippen LogP contribution in [-0.4, -0.2) is 43.1 Å². The molecule has 5 rings (SSSR count). The summed E-state index contributed by atoms with van der Waals surface area (Å²) in [5.41, 5.74) is 4.81. The van der Waals surface area contributed by atoms with E-state index in [0.29, 0.717) is 0 Å². The Hall–Kier alpha value is -2.91. The highest BCUT2D eigenvalue weighted by atomic mass is 15.2. The minimum absolute atomic E-state index is 1.05. The molecule has 134 valence electrons. The van der Waals surface area contributed by atoms with Gasteiger partial charge in [-0.3, -0.25) is 4.98 Å². The maximum Gasteiger partial charge on any atom is 0.0709 e. The topological polar surface area (TPSA) is 19.4 Å². The van der Waals surface area contributed by atoms with E-state index in [2.05, 4.69) is 83.6 Å². The van der Waals surface area contributed by atoms with Crippen molar-refractivity contribution in [2.45, 2.75) is 0 Å². The molecule has 1 aromatic heterocycles. The van der Waals surface area contributed by atoms with Gasteiger partial charge in [0.1, 0.15) is 0 Å². The molecule has 3 nitrogen and oxygen atoms in total. The first-order valence-corrected chi connectivity index (χ1v) is 9.60. The molecule has 0 radical (unpaired) electrons. The number of rotatable bonds is 2. The molecule has 1 aliphatic heterocycles. The Kier molecular flexibility index (Phi) is 4.02. The monoisotopic (exact) mass is 353 g/mol. The number of aromatic nitrogens is 1. The number of piperazine rings is 1. The molecule has 1 saturated heterocycles. The predicted octanol–water partition coefficient (Wildman–Crippen LogP) is 4.81. The van der Waals surface area contributed by atoms with E-state index in [9.17, 15) is 0 Å². The zero-order valence-corrected chi connectivity index (χ0v) is 15.6. The summed E-state index contributed by atoms with van der Waals surface area (Å²) >= 11 is 0. The number of likely N-dealkylation sites (N-methyl/N-ethyl adjacent to an activating group) is 1. The predicted molar refractivity (Wildman–Crippen MR) is 114 cm³/mol. The lowest BCUT2D eigenvalue weighted by Crippen LogP contribution is -2.44. The van der Waals surface area contributed by atoms with E-state index in [1.807, 2.05) is 6.20 Å². The fraction of sp³-hybridized carbons (Fsp3) is 0.208. The van der Waals surface area contributed by atoms with Crippen LogP contribution in [0.4, 0.5) is 5.69 Å². The minimum Gasteiger partial charge on any atom is -0.368 e. The van der Waals surface area contributed by atoms with Crippen molar-refractivity contribution in [2.24, 2.45) is 0 Å². The first-order chi connectivity index (χ1) is 13.3. The van der Waals surface area contributed by atoms with Crippen LogP contribution in [0.3, 0.4) is 0 Å². The number of anilines is 1. The van der Waals surface area contributed by atoms with Crippen molar-refractivity contribution in [2.75, 3.05) is 38.1 Å². The Bertz CT molecular complexity index is 1110. The number of benzene rings is 3. The Morgan fingerprint density at radius 2 is 1.44 bits per heavy atom. The van der Waals surface area contributed by atoms with Crippen LogP contribution >= 0.6 is 0 Å². The maximum atomic E-state index is 4.79. The SMILES string of the molecule is CN1CCN(c2cnc3cccc(-c4cccc5ccccc45)c3c2)CC1. The third-order valence-corrected chi connectivity index (χ3v) is 5.66. The minimum atomic E-state index is 1.05. The first kappa shape index (κ1) is 16.3. The van der Waals surface area contributed by atoms with Gasteiger partial charge in [0, 0.05) is 31.6 Å². The largest absolute Gasteiger partial charge is 0.368 e. The summed E-state index contributed by atoms with van der Waals surface area (Å²) in [7, 11) is 2.19. The third-order valence-electron chi connectivity index (χ3n) is 5.66. The number of fused-ring (bicyclic) bond motifs is 2. The zero-order chi connectivity index (χ0) is 18.2. The van der Waals surface area contributed by atoms with Crippen LogP contribution in [0.15, 0.2) is 72.9 Å².